The monoisotopic (exact) mass is 540 g/mol. The van der Waals surface area contributed by atoms with Gasteiger partial charge in [0.15, 0.2) is 6.61 Å². The molecule has 0 aliphatic rings. The first-order valence-corrected chi connectivity index (χ1v) is 13.0. The molecule has 0 saturated heterocycles. The number of carbonyl (C=O) groups is 2. The van der Waals surface area contributed by atoms with Crippen LogP contribution >= 0.6 is 23.2 Å². The standard InChI is InChI=1S/C30H34Cl2N2O3/c1-20-11-12-21(2)27(15-20)37-19-28(35)34(18-23-13-14-24(31)17-25(23)32)26(29(36)33-30(3,4)5)16-22-9-7-6-8-10-22/h6-15,17,26H,16,18-19H2,1-5H3,(H,33,36)/t26-/m1/s1. The van der Waals surface area contributed by atoms with E-state index in [4.69, 9.17) is 27.9 Å². The molecule has 0 radical (unpaired) electrons. The number of amides is 2. The number of aryl methyl sites for hydroxylation is 2. The van der Waals surface area contributed by atoms with Crippen LogP contribution in [-0.2, 0) is 22.6 Å². The minimum absolute atomic E-state index is 0.125. The predicted molar refractivity (Wildman–Crippen MR) is 150 cm³/mol. The minimum atomic E-state index is -0.789. The van der Waals surface area contributed by atoms with E-state index >= 15 is 0 Å². The van der Waals surface area contributed by atoms with Crippen LogP contribution in [0.5, 0.6) is 5.75 Å². The van der Waals surface area contributed by atoms with Crippen molar-refractivity contribution in [1.29, 1.82) is 0 Å². The van der Waals surface area contributed by atoms with Crippen molar-refractivity contribution in [2.45, 2.75) is 59.2 Å². The molecular weight excluding hydrogens is 507 g/mol. The molecule has 1 N–H and O–H groups in total. The van der Waals surface area contributed by atoms with Gasteiger partial charge < -0.3 is 15.0 Å². The Hall–Kier alpha value is -3.02. The molecule has 2 amide bonds. The SMILES string of the molecule is Cc1ccc(C)c(OCC(=O)N(Cc2ccc(Cl)cc2Cl)[C@H](Cc2ccccc2)C(=O)NC(C)(C)C)c1. The Balaban J connectivity index is 1.98. The summed E-state index contributed by atoms with van der Waals surface area (Å²) in [5.74, 6) is 0.0648. The summed E-state index contributed by atoms with van der Waals surface area (Å²) in [5, 5.41) is 3.97. The van der Waals surface area contributed by atoms with Crippen LogP contribution in [0.15, 0.2) is 66.7 Å². The third kappa shape index (κ3) is 8.51. The summed E-state index contributed by atoms with van der Waals surface area (Å²) in [5.41, 5.74) is 3.11. The Bertz CT molecular complexity index is 1240. The largest absolute Gasteiger partial charge is 0.483 e. The zero-order chi connectivity index (χ0) is 27.2. The van der Waals surface area contributed by atoms with E-state index in [1.165, 1.54) is 0 Å². The van der Waals surface area contributed by atoms with Crippen molar-refractivity contribution in [2.75, 3.05) is 6.61 Å². The lowest BCUT2D eigenvalue weighted by Gasteiger charge is -2.34. The van der Waals surface area contributed by atoms with Crippen LogP contribution in [0.25, 0.3) is 0 Å². The summed E-state index contributed by atoms with van der Waals surface area (Å²) in [7, 11) is 0. The van der Waals surface area contributed by atoms with E-state index in [2.05, 4.69) is 5.32 Å². The van der Waals surface area contributed by atoms with Gasteiger partial charge in [0.05, 0.1) is 0 Å². The topological polar surface area (TPSA) is 58.6 Å². The van der Waals surface area contributed by atoms with Gasteiger partial charge in [0.25, 0.3) is 5.91 Å². The van der Waals surface area contributed by atoms with Gasteiger partial charge >= 0.3 is 0 Å². The van der Waals surface area contributed by atoms with E-state index in [1.807, 2.05) is 83.1 Å². The van der Waals surface area contributed by atoms with E-state index in [0.717, 1.165) is 16.7 Å². The molecule has 0 saturated carbocycles. The fourth-order valence-electron chi connectivity index (χ4n) is 3.93. The lowest BCUT2D eigenvalue weighted by Crippen LogP contribution is -2.55. The van der Waals surface area contributed by atoms with E-state index in [1.54, 1.807) is 23.1 Å². The first-order chi connectivity index (χ1) is 17.4. The molecule has 37 heavy (non-hydrogen) atoms. The molecule has 0 unspecified atom stereocenters. The Morgan fingerprint density at radius 3 is 2.32 bits per heavy atom. The fourth-order valence-corrected chi connectivity index (χ4v) is 4.39. The maximum Gasteiger partial charge on any atom is 0.261 e. The first kappa shape index (κ1) is 28.5. The normalized spacial score (nSPS) is 12.1. The summed E-state index contributed by atoms with van der Waals surface area (Å²) < 4.78 is 5.95. The van der Waals surface area contributed by atoms with Gasteiger partial charge in [-0.1, -0.05) is 71.7 Å². The maximum atomic E-state index is 13.7. The zero-order valence-electron chi connectivity index (χ0n) is 22.0. The number of nitrogens with one attached hydrogen (secondary N) is 1. The van der Waals surface area contributed by atoms with Gasteiger partial charge in [-0.3, -0.25) is 9.59 Å². The number of hydrogen-bond acceptors (Lipinski definition) is 3. The van der Waals surface area contributed by atoms with Crippen molar-refractivity contribution in [3.05, 3.63) is 99.0 Å². The lowest BCUT2D eigenvalue weighted by atomic mass is 10.0. The van der Waals surface area contributed by atoms with E-state index in [-0.39, 0.29) is 25.0 Å². The molecular formula is C30H34Cl2N2O3. The first-order valence-electron chi connectivity index (χ1n) is 12.2. The molecule has 0 spiro atoms. The Morgan fingerprint density at radius 1 is 0.973 bits per heavy atom. The molecule has 0 aliphatic heterocycles. The lowest BCUT2D eigenvalue weighted by molar-refractivity contribution is -0.143. The second-order valence-electron chi connectivity index (χ2n) is 10.3. The average Bonchev–Trinajstić information content (AvgIpc) is 2.82. The van der Waals surface area contributed by atoms with Gasteiger partial charge in [-0.2, -0.15) is 0 Å². The number of benzene rings is 3. The smallest absolute Gasteiger partial charge is 0.261 e. The Kier molecular flexibility index (Phi) is 9.63. The Labute approximate surface area is 229 Å². The number of nitrogens with zero attached hydrogens (tertiary/aromatic N) is 1. The number of rotatable bonds is 9. The number of halogens is 2. The van der Waals surface area contributed by atoms with Gasteiger partial charge in [-0.15, -0.1) is 0 Å². The van der Waals surface area contributed by atoms with Crippen molar-refractivity contribution in [1.82, 2.24) is 10.2 Å². The second-order valence-corrected chi connectivity index (χ2v) is 11.1. The molecule has 3 aromatic carbocycles. The van der Waals surface area contributed by atoms with Gasteiger partial charge in [-0.05, 0) is 75.1 Å². The van der Waals surface area contributed by atoms with Crippen molar-refractivity contribution < 1.29 is 14.3 Å². The molecule has 0 aromatic heterocycles. The molecule has 3 rings (SSSR count). The Morgan fingerprint density at radius 2 is 1.68 bits per heavy atom. The van der Waals surface area contributed by atoms with Crippen molar-refractivity contribution >= 4 is 35.0 Å². The molecule has 0 heterocycles. The molecule has 196 valence electrons. The summed E-state index contributed by atoms with van der Waals surface area (Å²) in [6, 6.07) is 19.8. The number of hydrogen-bond donors (Lipinski definition) is 1. The van der Waals surface area contributed by atoms with Crippen LogP contribution in [0.1, 0.15) is 43.0 Å². The van der Waals surface area contributed by atoms with Crippen LogP contribution in [-0.4, -0.2) is 34.9 Å². The zero-order valence-corrected chi connectivity index (χ0v) is 23.5. The van der Waals surface area contributed by atoms with Crippen molar-refractivity contribution in [2.24, 2.45) is 0 Å². The summed E-state index contributed by atoms with van der Waals surface area (Å²) in [4.78, 5) is 28.9. The fraction of sp³-hybridized carbons (Fsp3) is 0.333. The molecule has 0 fully saturated rings. The highest BCUT2D eigenvalue weighted by Gasteiger charge is 2.33. The van der Waals surface area contributed by atoms with Crippen LogP contribution in [0.2, 0.25) is 10.0 Å². The van der Waals surface area contributed by atoms with Crippen molar-refractivity contribution in [3.8, 4) is 5.75 Å². The van der Waals surface area contributed by atoms with Gasteiger partial charge in [-0.25, -0.2) is 0 Å². The van der Waals surface area contributed by atoms with E-state index < -0.39 is 11.6 Å². The molecule has 5 nitrogen and oxygen atoms in total. The number of carbonyl (C=O) groups excluding carboxylic acids is 2. The van der Waals surface area contributed by atoms with E-state index in [9.17, 15) is 9.59 Å². The predicted octanol–water partition coefficient (Wildman–Crippen LogP) is 6.54. The van der Waals surface area contributed by atoms with Gasteiger partial charge in [0, 0.05) is 28.5 Å². The summed E-state index contributed by atoms with van der Waals surface area (Å²) in [6.45, 7) is 9.54. The van der Waals surface area contributed by atoms with Gasteiger partial charge in [0.2, 0.25) is 5.91 Å². The van der Waals surface area contributed by atoms with Crippen molar-refractivity contribution in [3.63, 3.8) is 0 Å². The maximum absolute atomic E-state index is 13.7. The molecule has 0 bridgehead atoms. The highest BCUT2D eigenvalue weighted by Crippen LogP contribution is 2.25. The molecule has 3 aromatic rings. The van der Waals surface area contributed by atoms with Crippen LogP contribution in [0.4, 0.5) is 0 Å². The third-order valence-corrected chi connectivity index (χ3v) is 6.41. The minimum Gasteiger partial charge on any atom is -0.483 e. The summed E-state index contributed by atoms with van der Waals surface area (Å²) in [6.07, 6.45) is 0.336. The highest BCUT2D eigenvalue weighted by atomic mass is 35.5. The van der Waals surface area contributed by atoms with Crippen LogP contribution in [0, 0.1) is 13.8 Å². The average molecular weight is 542 g/mol. The second kappa shape index (κ2) is 12.5. The third-order valence-electron chi connectivity index (χ3n) is 5.82. The summed E-state index contributed by atoms with van der Waals surface area (Å²) >= 11 is 12.6. The van der Waals surface area contributed by atoms with E-state index in [0.29, 0.717) is 27.8 Å². The van der Waals surface area contributed by atoms with Crippen LogP contribution < -0.4 is 10.1 Å². The molecule has 1 atom stereocenters. The quantitative estimate of drug-likeness (QED) is 0.335. The van der Waals surface area contributed by atoms with Gasteiger partial charge in [0.1, 0.15) is 11.8 Å². The van der Waals surface area contributed by atoms with Crippen LogP contribution in [0.3, 0.4) is 0 Å². The number of ether oxygens (including phenoxy) is 1. The highest BCUT2D eigenvalue weighted by molar-refractivity contribution is 6.35. The molecule has 7 heteroatoms. The molecule has 0 aliphatic carbocycles.